The number of hydrogen-bond acceptors (Lipinski definition) is 5. The molecule has 0 spiro atoms. The minimum absolute atomic E-state index is 0.0803. The monoisotopic (exact) mass is 311 g/mol. The van der Waals surface area contributed by atoms with Crippen LogP contribution in [-0.2, 0) is 0 Å². The van der Waals surface area contributed by atoms with Gasteiger partial charge in [0.25, 0.3) is 0 Å². The Labute approximate surface area is 133 Å². The Bertz CT molecular complexity index is 845. The summed E-state index contributed by atoms with van der Waals surface area (Å²) in [6, 6.07) is 9.43. The molecular formula is C17H17N3O3. The molecule has 6 nitrogen and oxygen atoms in total. The number of nitrogens with one attached hydrogen (secondary N) is 1. The number of benzene rings is 2. The molecule has 0 saturated heterocycles. The van der Waals surface area contributed by atoms with Gasteiger partial charge in [-0.15, -0.1) is 0 Å². The van der Waals surface area contributed by atoms with Gasteiger partial charge < -0.3 is 24.9 Å². The lowest BCUT2D eigenvalue weighted by molar-refractivity contribution is 0.174. The molecular weight excluding hydrogens is 294 g/mol. The van der Waals surface area contributed by atoms with Gasteiger partial charge in [-0.3, -0.25) is 0 Å². The molecule has 1 aromatic heterocycles. The van der Waals surface area contributed by atoms with Gasteiger partial charge in [-0.25, -0.2) is 4.98 Å². The second-order valence-corrected chi connectivity index (χ2v) is 5.73. The fraction of sp³-hybridized carbons (Fsp3) is 0.235. The van der Waals surface area contributed by atoms with E-state index in [9.17, 15) is 0 Å². The lowest BCUT2D eigenvalue weighted by Crippen LogP contribution is -2.07. The highest BCUT2D eigenvalue weighted by Gasteiger charge is 2.17. The summed E-state index contributed by atoms with van der Waals surface area (Å²) in [6.07, 6.45) is 0.0803. The van der Waals surface area contributed by atoms with Crippen molar-refractivity contribution in [2.24, 2.45) is 0 Å². The minimum atomic E-state index is 0.0803. The van der Waals surface area contributed by atoms with Crippen LogP contribution in [0.4, 0.5) is 5.69 Å². The molecule has 118 valence electrons. The number of ether oxygens (including phenoxy) is 3. The van der Waals surface area contributed by atoms with Crippen LogP contribution in [0.5, 0.6) is 17.2 Å². The molecule has 0 bridgehead atoms. The van der Waals surface area contributed by atoms with E-state index in [0.29, 0.717) is 11.4 Å². The number of nitrogen functional groups attached to an aromatic ring is 1. The van der Waals surface area contributed by atoms with E-state index in [2.05, 4.69) is 9.97 Å². The van der Waals surface area contributed by atoms with E-state index in [1.54, 1.807) is 0 Å². The van der Waals surface area contributed by atoms with Gasteiger partial charge in [0.15, 0.2) is 11.5 Å². The maximum absolute atomic E-state index is 6.07. The highest BCUT2D eigenvalue weighted by Crippen LogP contribution is 2.36. The van der Waals surface area contributed by atoms with Crippen LogP contribution in [0.1, 0.15) is 13.8 Å². The zero-order valence-electron chi connectivity index (χ0n) is 12.9. The van der Waals surface area contributed by atoms with Crippen LogP contribution in [0.25, 0.3) is 22.4 Å². The number of imidazole rings is 1. The van der Waals surface area contributed by atoms with E-state index in [0.717, 1.165) is 33.9 Å². The van der Waals surface area contributed by atoms with Crippen molar-refractivity contribution in [2.75, 3.05) is 12.5 Å². The van der Waals surface area contributed by atoms with Gasteiger partial charge in [0, 0.05) is 17.7 Å². The first-order chi connectivity index (χ1) is 11.1. The molecule has 3 N–H and O–H groups in total. The normalized spacial score (nSPS) is 13.0. The molecule has 0 atom stereocenters. The van der Waals surface area contributed by atoms with Crippen molar-refractivity contribution < 1.29 is 14.2 Å². The third-order valence-electron chi connectivity index (χ3n) is 3.62. The lowest BCUT2D eigenvalue weighted by Gasteiger charge is -2.12. The zero-order valence-corrected chi connectivity index (χ0v) is 12.9. The van der Waals surface area contributed by atoms with E-state index >= 15 is 0 Å². The number of hydrogen-bond donors (Lipinski definition) is 2. The molecule has 1 aliphatic heterocycles. The predicted octanol–water partition coefficient (Wildman–Crippen LogP) is 3.33. The maximum atomic E-state index is 6.07. The van der Waals surface area contributed by atoms with Crippen LogP contribution in [-0.4, -0.2) is 22.9 Å². The van der Waals surface area contributed by atoms with E-state index in [4.69, 9.17) is 19.9 Å². The van der Waals surface area contributed by atoms with Crippen molar-refractivity contribution in [2.45, 2.75) is 20.0 Å². The molecule has 0 fully saturated rings. The van der Waals surface area contributed by atoms with Crippen molar-refractivity contribution in [1.29, 1.82) is 0 Å². The standard InChI is InChI=1S/C17H17N3O3/c1-9(2)23-14-4-3-10(5-11(14)18)17-19-12-6-15-16(22-8-21-15)7-13(12)20-17/h3-7,9H,8,18H2,1-2H3,(H,19,20). The number of rotatable bonds is 3. The zero-order chi connectivity index (χ0) is 16.0. The minimum Gasteiger partial charge on any atom is -0.489 e. The lowest BCUT2D eigenvalue weighted by atomic mass is 10.2. The van der Waals surface area contributed by atoms with Crippen LogP contribution in [0.2, 0.25) is 0 Å². The Balaban J connectivity index is 1.73. The van der Waals surface area contributed by atoms with Crippen LogP contribution >= 0.6 is 0 Å². The molecule has 23 heavy (non-hydrogen) atoms. The third kappa shape index (κ3) is 2.42. The molecule has 0 radical (unpaired) electrons. The molecule has 2 heterocycles. The predicted molar refractivity (Wildman–Crippen MR) is 87.8 cm³/mol. The van der Waals surface area contributed by atoms with Crippen LogP contribution in [0, 0.1) is 0 Å². The number of fused-ring (bicyclic) bond motifs is 2. The Morgan fingerprint density at radius 1 is 1.17 bits per heavy atom. The summed E-state index contributed by atoms with van der Waals surface area (Å²) in [4.78, 5) is 7.89. The van der Waals surface area contributed by atoms with Gasteiger partial charge in [0.2, 0.25) is 6.79 Å². The van der Waals surface area contributed by atoms with Gasteiger partial charge in [-0.1, -0.05) is 0 Å². The highest BCUT2D eigenvalue weighted by molar-refractivity contribution is 5.83. The molecule has 1 aliphatic rings. The van der Waals surface area contributed by atoms with Gasteiger partial charge in [-0.2, -0.15) is 0 Å². The fourth-order valence-electron chi connectivity index (χ4n) is 2.59. The molecule has 0 saturated carbocycles. The molecule has 0 aliphatic carbocycles. The first-order valence-electron chi connectivity index (χ1n) is 7.46. The fourth-order valence-corrected chi connectivity index (χ4v) is 2.59. The summed E-state index contributed by atoms with van der Waals surface area (Å²) in [5.74, 6) is 2.87. The van der Waals surface area contributed by atoms with Crippen LogP contribution in [0.15, 0.2) is 30.3 Å². The second-order valence-electron chi connectivity index (χ2n) is 5.73. The number of aromatic nitrogens is 2. The Hall–Kier alpha value is -2.89. The molecule has 4 rings (SSSR count). The molecule has 0 unspecified atom stereocenters. The number of nitrogens with zero attached hydrogens (tertiary/aromatic N) is 1. The van der Waals surface area contributed by atoms with Crippen molar-refractivity contribution in [3.8, 4) is 28.6 Å². The van der Waals surface area contributed by atoms with E-state index in [-0.39, 0.29) is 12.9 Å². The van der Waals surface area contributed by atoms with Gasteiger partial charge in [0.05, 0.1) is 22.8 Å². The first-order valence-corrected chi connectivity index (χ1v) is 7.46. The van der Waals surface area contributed by atoms with Crippen molar-refractivity contribution >= 4 is 16.7 Å². The van der Waals surface area contributed by atoms with Crippen molar-refractivity contribution in [1.82, 2.24) is 9.97 Å². The Morgan fingerprint density at radius 3 is 2.70 bits per heavy atom. The van der Waals surface area contributed by atoms with E-state index in [1.165, 1.54) is 0 Å². The topological polar surface area (TPSA) is 82.4 Å². The summed E-state index contributed by atoms with van der Waals surface area (Å²) in [5, 5.41) is 0. The number of anilines is 1. The Kier molecular flexibility index (Phi) is 3.04. The summed E-state index contributed by atoms with van der Waals surface area (Å²) in [7, 11) is 0. The molecule has 0 amide bonds. The molecule has 2 aromatic carbocycles. The average molecular weight is 311 g/mol. The number of nitrogens with two attached hydrogens (primary N) is 1. The van der Waals surface area contributed by atoms with E-state index in [1.807, 2.05) is 44.2 Å². The smallest absolute Gasteiger partial charge is 0.231 e. The Morgan fingerprint density at radius 2 is 1.96 bits per heavy atom. The van der Waals surface area contributed by atoms with Crippen LogP contribution < -0.4 is 19.9 Å². The van der Waals surface area contributed by atoms with Crippen LogP contribution in [0.3, 0.4) is 0 Å². The summed E-state index contributed by atoms with van der Waals surface area (Å²) >= 11 is 0. The SMILES string of the molecule is CC(C)Oc1ccc(-c2nc3cc4c(cc3[nH]2)OCO4)cc1N. The summed E-state index contributed by atoms with van der Waals surface area (Å²) in [6.45, 7) is 4.19. The summed E-state index contributed by atoms with van der Waals surface area (Å²) in [5.41, 5.74) is 9.28. The van der Waals surface area contributed by atoms with Gasteiger partial charge in [0.1, 0.15) is 11.6 Å². The van der Waals surface area contributed by atoms with Gasteiger partial charge >= 0.3 is 0 Å². The number of aromatic amines is 1. The molecule has 3 aromatic rings. The summed E-state index contributed by atoms with van der Waals surface area (Å²) < 4.78 is 16.4. The van der Waals surface area contributed by atoms with E-state index < -0.39 is 0 Å². The van der Waals surface area contributed by atoms with Crippen molar-refractivity contribution in [3.05, 3.63) is 30.3 Å². The van der Waals surface area contributed by atoms with Crippen molar-refractivity contribution in [3.63, 3.8) is 0 Å². The highest BCUT2D eigenvalue weighted by atomic mass is 16.7. The van der Waals surface area contributed by atoms with Gasteiger partial charge in [-0.05, 0) is 32.0 Å². The number of H-pyrrole nitrogens is 1. The maximum Gasteiger partial charge on any atom is 0.231 e. The quantitative estimate of drug-likeness (QED) is 0.725. The largest absolute Gasteiger partial charge is 0.489 e. The molecule has 6 heteroatoms. The second kappa shape index (κ2) is 5.08. The third-order valence-corrected chi connectivity index (χ3v) is 3.62. The average Bonchev–Trinajstić information content (AvgIpc) is 3.11. The first kappa shape index (κ1) is 13.8.